The van der Waals surface area contributed by atoms with Gasteiger partial charge in [-0.2, -0.15) is 0 Å². The van der Waals surface area contributed by atoms with Crippen molar-refractivity contribution < 1.29 is 29.0 Å². The number of aromatic hydroxyl groups is 2. The van der Waals surface area contributed by atoms with Crippen molar-refractivity contribution in [2.45, 2.75) is 25.9 Å². The van der Waals surface area contributed by atoms with Crippen LogP contribution in [0.5, 0.6) is 17.2 Å². The number of hydrogen-bond acceptors (Lipinski definition) is 6. The van der Waals surface area contributed by atoms with Crippen LogP contribution in [0.3, 0.4) is 0 Å². The Morgan fingerprint density at radius 3 is 2.34 bits per heavy atom. The lowest BCUT2D eigenvalue weighted by atomic mass is 9.98. The molecule has 4 rings (SSSR count). The second-order valence-electron chi connectivity index (χ2n) is 7.93. The van der Waals surface area contributed by atoms with Gasteiger partial charge in [0, 0.05) is 29.9 Å². The zero-order chi connectivity index (χ0) is 25.1. The summed E-state index contributed by atoms with van der Waals surface area (Å²) in [6, 6.07) is 15.8. The highest BCUT2D eigenvalue weighted by atomic mass is 127. The lowest BCUT2D eigenvalue weighted by Gasteiger charge is -2.09. The van der Waals surface area contributed by atoms with Gasteiger partial charge in [-0.3, -0.25) is 9.59 Å². The highest BCUT2D eigenvalue weighted by molar-refractivity contribution is 14.1. The Morgan fingerprint density at radius 1 is 1.00 bits per heavy atom. The van der Waals surface area contributed by atoms with E-state index in [-0.39, 0.29) is 36.1 Å². The Balaban J connectivity index is 1.75. The molecule has 1 amide bonds. The molecule has 0 radical (unpaired) electrons. The molecule has 3 aromatic carbocycles. The van der Waals surface area contributed by atoms with Crippen LogP contribution < -0.4 is 10.5 Å². The van der Waals surface area contributed by atoms with E-state index in [0.29, 0.717) is 47.8 Å². The van der Waals surface area contributed by atoms with Crippen molar-refractivity contribution in [1.82, 2.24) is 0 Å². The molecule has 0 aliphatic heterocycles. The maximum Gasteiger partial charge on any atom is 0.217 e. The van der Waals surface area contributed by atoms with Gasteiger partial charge < -0.3 is 25.1 Å². The summed E-state index contributed by atoms with van der Waals surface area (Å²) in [4.78, 5) is 24.8. The fourth-order valence-electron chi connectivity index (χ4n) is 3.70. The van der Waals surface area contributed by atoms with Gasteiger partial charge in [-0.1, -0.05) is 30.3 Å². The van der Waals surface area contributed by atoms with Crippen molar-refractivity contribution in [3.8, 4) is 17.2 Å². The first-order valence-electron chi connectivity index (χ1n) is 10.7. The number of benzene rings is 3. The number of rotatable bonds is 9. The van der Waals surface area contributed by atoms with Gasteiger partial charge in [0.1, 0.15) is 23.7 Å². The molecule has 9 heteroatoms. The third-order valence-electron chi connectivity index (χ3n) is 5.41. The summed E-state index contributed by atoms with van der Waals surface area (Å²) in [5.74, 6) is -0.145. The molecule has 0 aliphatic rings. The first-order valence-corrected chi connectivity index (χ1v) is 12.9. The maximum absolute atomic E-state index is 13.6. The summed E-state index contributed by atoms with van der Waals surface area (Å²) >= 11 is 3.94. The molecule has 0 bridgehead atoms. The predicted octanol–water partition coefficient (Wildman–Crippen LogP) is 5.67. The average Bonchev–Trinajstić information content (AvgIpc) is 3.17. The molecule has 0 atom stereocenters. The van der Waals surface area contributed by atoms with Crippen LogP contribution in [0.2, 0.25) is 0 Å². The van der Waals surface area contributed by atoms with E-state index in [0.717, 1.165) is 5.56 Å². The number of aryl methyl sites for hydroxylation is 1. The van der Waals surface area contributed by atoms with E-state index in [1.807, 2.05) is 75.5 Å². The number of amides is 1. The highest BCUT2D eigenvalue weighted by Crippen LogP contribution is 2.38. The van der Waals surface area contributed by atoms with Crippen LogP contribution in [0.4, 0.5) is 0 Å². The van der Waals surface area contributed by atoms with Crippen LogP contribution >= 0.6 is 45.2 Å². The molecule has 1 heterocycles. The standard InChI is InChI=1S/C26H21I2NO6/c27-17-9-15(10-18(28)26(17)33)25(32)24-16-11-19(30)22(34-13-14-5-2-1-3-6-14)12-21(16)35-20(24)7-4-8-23(29)31/h1-3,5-6,9-12,30,33H,4,7-8,13H2,(H2,29,31). The highest BCUT2D eigenvalue weighted by Gasteiger charge is 2.25. The Hall–Kier alpha value is -2.80. The normalized spacial score (nSPS) is 11.0. The number of carbonyl (C=O) groups excluding carboxylic acids is 2. The fourth-order valence-corrected chi connectivity index (χ4v) is 5.47. The number of carbonyl (C=O) groups is 2. The zero-order valence-electron chi connectivity index (χ0n) is 18.4. The number of phenolic OH excluding ortho intramolecular Hbond substituents is 2. The molecule has 7 nitrogen and oxygen atoms in total. The van der Waals surface area contributed by atoms with Gasteiger partial charge in [-0.05, 0) is 75.4 Å². The fraction of sp³-hybridized carbons (Fsp3) is 0.154. The smallest absolute Gasteiger partial charge is 0.217 e. The Morgan fingerprint density at radius 2 is 1.69 bits per heavy atom. The lowest BCUT2D eigenvalue weighted by molar-refractivity contribution is -0.118. The number of primary amides is 1. The van der Waals surface area contributed by atoms with Crippen LogP contribution in [0, 0.1) is 7.14 Å². The Bertz CT molecular complexity index is 1390. The topological polar surface area (TPSA) is 123 Å². The number of ketones is 1. The predicted molar refractivity (Wildman–Crippen MR) is 148 cm³/mol. The van der Waals surface area contributed by atoms with E-state index in [1.165, 1.54) is 6.07 Å². The number of fused-ring (bicyclic) bond motifs is 1. The molecule has 180 valence electrons. The number of ether oxygens (including phenoxy) is 1. The minimum atomic E-state index is -0.439. The summed E-state index contributed by atoms with van der Waals surface area (Å²) in [5, 5.41) is 21.2. The first kappa shape index (κ1) is 25.3. The minimum absolute atomic E-state index is 0.110. The molecule has 0 aliphatic carbocycles. The third-order valence-corrected chi connectivity index (χ3v) is 7.06. The molecular formula is C26H21I2NO6. The first-order chi connectivity index (χ1) is 16.7. The number of nitrogens with two attached hydrogens (primary N) is 1. The lowest BCUT2D eigenvalue weighted by Crippen LogP contribution is -2.11. The van der Waals surface area contributed by atoms with Crippen molar-refractivity contribution >= 4 is 67.8 Å². The Kier molecular flexibility index (Phi) is 7.85. The summed E-state index contributed by atoms with van der Waals surface area (Å²) in [5.41, 5.74) is 7.27. The monoisotopic (exact) mass is 697 g/mol. The molecule has 0 saturated heterocycles. The quantitative estimate of drug-likeness (QED) is 0.153. The molecular weight excluding hydrogens is 676 g/mol. The molecule has 4 N–H and O–H groups in total. The Labute approximate surface area is 228 Å². The summed E-state index contributed by atoms with van der Waals surface area (Å²) < 4.78 is 12.9. The van der Waals surface area contributed by atoms with Crippen LogP contribution in [-0.4, -0.2) is 21.9 Å². The summed E-state index contributed by atoms with van der Waals surface area (Å²) in [6.07, 6.45) is 0.867. The molecule has 1 aromatic heterocycles. The molecule has 0 saturated carbocycles. The molecule has 0 spiro atoms. The number of hydrogen-bond donors (Lipinski definition) is 3. The largest absolute Gasteiger partial charge is 0.506 e. The number of phenols is 2. The van der Waals surface area contributed by atoms with Crippen LogP contribution in [0.15, 0.2) is 59.0 Å². The van der Waals surface area contributed by atoms with Crippen molar-refractivity contribution in [3.05, 3.63) is 84.2 Å². The SMILES string of the molecule is NC(=O)CCCc1oc2cc(OCc3ccccc3)c(O)cc2c1C(=O)c1cc(I)c(O)c(I)c1. The van der Waals surface area contributed by atoms with Crippen molar-refractivity contribution in [1.29, 1.82) is 0 Å². The second-order valence-corrected chi connectivity index (χ2v) is 10.3. The molecule has 0 unspecified atom stereocenters. The van der Waals surface area contributed by atoms with E-state index in [2.05, 4.69) is 0 Å². The number of halogens is 2. The van der Waals surface area contributed by atoms with Crippen LogP contribution in [0.25, 0.3) is 11.0 Å². The van der Waals surface area contributed by atoms with Gasteiger partial charge >= 0.3 is 0 Å². The third kappa shape index (κ3) is 5.72. The van der Waals surface area contributed by atoms with E-state index >= 15 is 0 Å². The van der Waals surface area contributed by atoms with E-state index in [4.69, 9.17) is 14.9 Å². The summed E-state index contributed by atoms with van der Waals surface area (Å²) in [6.45, 7) is 0.252. The van der Waals surface area contributed by atoms with E-state index < -0.39 is 5.91 Å². The van der Waals surface area contributed by atoms with Gasteiger partial charge in [-0.15, -0.1) is 0 Å². The molecule has 4 aromatic rings. The van der Waals surface area contributed by atoms with Gasteiger partial charge in [0.15, 0.2) is 17.3 Å². The molecule has 0 fully saturated rings. The summed E-state index contributed by atoms with van der Waals surface area (Å²) in [7, 11) is 0. The second kappa shape index (κ2) is 10.9. The van der Waals surface area contributed by atoms with Crippen LogP contribution in [0.1, 0.15) is 40.1 Å². The van der Waals surface area contributed by atoms with Crippen LogP contribution in [-0.2, 0) is 17.8 Å². The number of furan rings is 1. The van der Waals surface area contributed by atoms with E-state index in [1.54, 1.807) is 18.2 Å². The van der Waals surface area contributed by atoms with E-state index in [9.17, 15) is 19.8 Å². The van der Waals surface area contributed by atoms with Crippen molar-refractivity contribution in [2.24, 2.45) is 5.73 Å². The minimum Gasteiger partial charge on any atom is -0.506 e. The van der Waals surface area contributed by atoms with Gasteiger partial charge in [-0.25, -0.2) is 0 Å². The van der Waals surface area contributed by atoms with Gasteiger partial charge in [0.25, 0.3) is 0 Å². The van der Waals surface area contributed by atoms with Gasteiger partial charge in [0.05, 0.1) is 12.7 Å². The van der Waals surface area contributed by atoms with Crippen molar-refractivity contribution in [2.75, 3.05) is 0 Å². The maximum atomic E-state index is 13.6. The zero-order valence-corrected chi connectivity index (χ0v) is 22.7. The molecule has 35 heavy (non-hydrogen) atoms. The van der Waals surface area contributed by atoms with Gasteiger partial charge in [0.2, 0.25) is 5.91 Å². The van der Waals surface area contributed by atoms with Crippen molar-refractivity contribution in [3.63, 3.8) is 0 Å². The average molecular weight is 697 g/mol.